The minimum absolute atomic E-state index is 0.0202. The Hall–Kier alpha value is -3.15. The summed E-state index contributed by atoms with van der Waals surface area (Å²) in [6.45, 7) is 5.67. The lowest BCUT2D eigenvalue weighted by Gasteiger charge is -2.36. The number of nitrogens with zero attached hydrogens (tertiary/aromatic N) is 2. The lowest BCUT2D eigenvalue weighted by Crippen LogP contribution is -2.46. The van der Waals surface area contributed by atoms with Crippen LogP contribution in [0, 0.1) is 6.92 Å². The fourth-order valence-corrected chi connectivity index (χ4v) is 4.87. The Bertz CT molecular complexity index is 1100. The molecule has 3 aliphatic rings. The van der Waals surface area contributed by atoms with Crippen molar-refractivity contribution in [3.05, 3.63) is 58.7 Å². The third kappa shape index (κ3) is 3.90. The van der Waals surface area contributed by atoms with Gasteiger partial charge in [-0.05, 0) is 79.1 Å². The van der Waals surface area contributed by atoms with Gasteiger partial charge in [-0.2, -0.15) is 0 Å². The largest absolute Gasteiger partial charge is 0.349 e. The maximum atomic E-state index is 13.1. The maximum absolute atomic E-state index is 13.1. The van der Waals surface area contributed by atoms with E-state index in [0.29, 0.717) is 31.2 Å². The zero-order valence-corrected chi connectivity index (χ0v) is 18.7. The van der Waals surface area contributed by atoms with Gasteiger partial charge >= 0.3 is 0 Å². The van der Waals surface area contributed by atoms with E-state index in [1.54, 1.807) is 6.92 Å². The van der Waals surface area contributed by atoms with Gasteiger partial charge in [0, 0.05) is 49.8 Å². The number of rotatable bonds is 4. The van der Waals surface area contributed by atoms with Gasteiger partial charge in [0.2, 0.25) is 5.91 Å². The normalized spacial score (nSPS) is 18.6. The molecule has 32 heavy (non-hydrogen) atoms. The average molecular weight is 432 g/mol. The third-order valence-electron chi connectivity index (χ3n) is 7.01. The van der Waals surface area contributed by atoms with Crippen LogP contribution in [0.3, 0.4) is 0 Å². The van der Waals surface area contributed by atoms with E-state index in [1.165, 1.54) is 0 Å². The molecular formula is C26H29N3O3. The Morgan fingerprint density at radius 1 is 0.969 bits per heavy atom. The summed E-state index contributed by atoms with van der Waals surface area (Å²) in [7, 11) is 0. The SMILES string of the molecule is CC(=O)N1CCC(N2Cc3cc(-c4cc(C(=O)NC5CC5)ccc4C)ccc3C2=O)CC1. The van der Waals surface area contributed by atoms with Gasteiger partial charge in [0.1, 0.15) is 0 Å². The molecule has 5 rings (SSSR count). The molecule has 1 N–H and O–H groups in total. The molecule has 0 spiro atoms. The van der Waals surface area contributed by atoms with Gasteiger partial charge in [-0.1, -0.05) is 12.1 Å². The molecular weight excluding hydrogens is 402 g/mol. The van der Waals surface area contributed by atoms with Crippen molar-refractivity contribution < 1.29 is 14.4 Å². The highest BCUT2D eigenvalue weighted by Crippen LogP contribution is 2.33. The van der Waals surface area contributed by atoms with Crippen molar-refractivity contribution in [3.8, 4) is 11.1 Å². The van der Waals surface area contributed by atoms with Crippen molar-refractivity contribution in [1.82, 2.24) is 15.1 Å². The molecule has 1 saturated heterocycles. The standard InChI is InChI=1S/C26H29N3O3/c1-16-3-4-19(25(31)27-21-6-7-21)14-24(16)18-5-8-23-20(13-18)15-29(26(23)32)22-9-11-28(12-10-22)17(2)30/h3-5,8,13-14,21-22H,6-7,9-12,15H2,1-2H3,(H,27,31). The van der Waals surface area contributed by atoms with E-state index in [2.05, 4.69) is 11.4 Å². The minimum atomic E-state index is -0.0202. The summed E-state index contributed by atoms with van der Waals surface area (Å²) in [5.74, 6) is 0.169. The van der Waals surface area contributed by atoms with Crippen LogP contribution in [-0.4, -0.2) is 52.7 Å². The molecule has 0 aromatic heterocycles. The van der Waals surface area contributed by atoms with Crippen LogP contribution in [-0.2, 0) is 11.3 Å². The van der Waals surface area contributed by atoms with Crippen LogP contribution in [0.5, 0.6) is 0 Å². The molecule has 3 amide bonds. The number of benzene rings is 2. The van der Waals surface area contributed by atoms with Gasteiger partial charge in [0.15, 0.2) is 0 Å². The van der Waals surface area contributed by atoms with Crippen molar-refractivity contribution in [1.29, 1.82) is 0 Å². The smallest absolute Gasteiger partial charge is 0.254 e. The Morgan fingerprint density at radius 2 is 1.72 bits per heavy atom. The zero-order valence-electron chi connectivity index (χ0n) is 18.7. The predicted octanol–water partition coefficient (Wildman–Crippen LogP) is 3.52. The van der Waals surface area contributed by atoms with Crippen molar-refractivity contribution in [2.75, 3.05) is 13.1 Å². The predicted molar refractivity (Wildman–Crippen MR) is 122 cm³/mol. The van der Waals surface area contributed by atoms with Gasteiger partial charge in [-0.3, -0.25) is 14.4 Å². The number of amides is 3. The van der Waals surface area contributed by atoms with E-state index in [9.17, 15) is 14.4 Å². The molecule has 6 nitrogen and oxygen atoms in total. The molecule has 2 aliphatic heterocycles. The summed E-state index contributed by atoms with van der Waals surface area (Å²) >= 11 is 0. The molecule has 2 heterocycles. The first kappa shape index (κ1) is 20.7. The monoisotopic (exact) mass is 431 g/mol. The third-order valence-corrected chi connectivity index (χ3v) is 7.01. The van der Waals surface area contributed by atoms with Gasteiger partial charge in [-0.25, -0.2) is 0 Å². The highest BCUT2D eigenvalue weighted by Gasteiger charge is 2.35. The summed E-state index contributed by atoms with van der Waals surface area (Å²) in [5, 5.41) is 3.05. The Morgan fingerprint density at radius 3 is 2.41 bits per heavy atom. The minimum Gasteiger partial charge on any atom is -0.349 e. The van der Waals surface area contributed by atoms with Gasteiger partial charge in [-0.15, -0.1) is 0 Å². The number of carbonyl (C=O) groups is 3. The molecule has 1 aliphatic carbocycles. The summed E-state index contributed by atoms with van der Waals surface area (Å²) in [6.07, 6.45) is 3.77. The fraction of sp³-hybridized carbons (Fsp3) is 0.423. The molecule has 6 heteroatoms. The number of nitrogens with one attached hydrogen (secondary N) is 1. The second-order valence-corrected chi connectivity index (χ2v) is 9.32. The van der Waals surface area contributed by atoms with Crippen LogP contribution in [0.4, 0.5) is 0 Å². The second-order valence-electron chi connectivity index (χ2n) is 9.32. The van der Waals surface area contributed by atoms with Crippen LogP contribution in [0.1, 0.15) is 64.4 Å². The van der Waals surface area contributed by atoms with Crippen molar-refractivity contribution in [2.24, 2.45) is 0 Å². The van der Waals surface area contributed by atoms with E-state index in [-0.39, 0.29) is 23.8 Å². The lowest BCUT2D eigenvalue weighted by molar-refractivity contribution is -0.130. The van der Waals surface area contributed by atoms with Gasteiger partial charge < -0.3 is 15.1 Å². The quantitative estimate of drug-likeness (QED) is 0.805. The zero-order chi connectivity index (χ0) is 22.4. The number of likely N-dealkylation sites (tertiary alicyclic amines) is 1. The number of aryl methyl sites for hydroxylation is 1. The number of piperidine rings is 1. The summed E-state index contributed by atoms with van der Waals surface area (Å²) in [5.41, 5.74) is 5.63. The van der Waals surface area contributed by atoms with Crippen LogP contribution in [0.25, 0.3) is 11.1 Å². The molecule has 0 radical (unpaired) electrons. The maximum Gasteiger partial charge on any atom is 0.254 e. The molecule has 1 saturated carbocycles. The molecule has 0 atom stereocenters. The first-order chi connectivity index (χ1) is 15.4. The van der Waals surface area contributed by atoms with Crippen LogP contribution in [0.15, 0.2) is 36.4 Å². The van der Waals surface area contributed by atoms with Gasteiger partial charge in [0.25, 0.3) is 11.8 Å². The molecule has 0 unspecified atom stereocenters. The average Bonchev–Trinajstić information content (AvgIpc) is 3.55. The van der Waals surface area contributed by atoms with E-state index in [1.807, 2.05) is 47.1 Å². The van der Waals surface area contributed by atoms with Gasteiger partial charge in [0.05, 0.1) is 0 Å². The first-order valence-corrected chi connectivity index (χ1v) is 11.5. The van der Waals surface area contributed by atoms with Crippen LogP contribution in [0.2, 0.25) is 0 Å². The van der Waals surface area contributed by atoms with Crippen molar-refractivity contribution in [2.45, 2.75) is 58.2 Å². The van der Waals surface area contributed by atoms with Crippen molar-refractivity contribution in [3.63, 3.8) is 0 Å². The summed E-state index contributed by atoms with van der Waals surface area (Å²) < 4.78 is 0. The molecule has 2 aromatic carbocycles. The molecule has 2 fully saturated rings. The molecule has 166 valence electrons. The Balaban J connectivity index is 1.36. The second kappa shape index (κ2) is 8.08. The van der Waals surface area contributed by atoms with Crippen LogP contribution < -0.4 is 5.32 Å². The number of hydrogen-bond donors (Lipinski definition) is 1. The molecule has 2 aromatic rings. The van der Waals surface area contributed by atoms with E-state index in [4.69, 9.17) is 0 Å². The molecule has 0 bridgehead atoms. The van der Waals surface area contributed by atoms with E-state index >= 15 is 0 Å². The van der Waals surface area contributed by atoms with Crippen LogP contribution >= 0.6 is 0 Å². The highest BCUT2D eigenvalue weighted by atomic mass is 16.2. The summed E-state index contributed by atoms with van der Waals surface area (Å²) in [6, 6.07) is 12.3. The first-order valence-electron chi connectivity index (χ1n) is 11.5. The van der Waals surface area contributed by atoms with Crippen molar-refractivity contribution >= 4 is 17.7 Å². The van der Waals surface area contributed by atoms with E-state index in [0.717, 1.165) is 53.5 Å². The Kier molecular flexibility index (Phi) is 5.24. The Labute approximate surface area is 188 Å². The number of hydrogen-bond acceptors (Lipinski definition) is 3. The fourth-order valence-electron chi connectivity index (χ4n) is 4.87. The van der Waals surface area contributed by atoms with E-state index < -0.39 is 0 Å². The lowest BCUT2D eigenvalue weighted by atomic mass is 9.95. The highest BCUT2D eigenvalue weighted by molar-refractivity contribution is 6.00. The number of carbonyl (C=O) groups excluding carboxylic acids is 3. The number of fused-ring (bicyclic) bond motifs is 1. The topological polar surface area (TPSA) is 69.7 Å². The summed E-state index contributed by atoms with van der Waals surface area (Å²) in [4.78, 5) is 41.0.